The molecule has 1 saturated heterocycles. The molecule has 7 heteroatoms. The third kappa shape index (κ3) is 5.14. The third-order valence-electron chi connectivity index (χ3n) is 7.31. The van der Waals surface area contributed by atoms with Crippen molar-refractivity contribution in [2.45, 2.75) is 30.9 Å². The van der Waals surface area contributed by atoms with Crippen molar-refractivity contribution in [2.24, 2.45) is 10.9 Å². The van der Waals surface area contributed by atoms with E-state index in [0.717, 1.165) is 48.7 Å². The Hall–Kier alpha value is -2.31. The summed E-state index contributed by atoms with van der Waals surface area (Å²) in [4.78, 5) is 7.09. The average Bonchev–Trinajstić information content (AvgIpc) is 3.03. The number of methoxy groups -OCH3 is 1. The van der Waals surface area contributed by atoms with Crippen LogP contribution in [-0.4, -0.2) is 55.6 Å². The van der Waals surface area contributed by atoms with Crippen molar-refractivity contribution in [3.63, 3.8) is 0 Å². The Morgan fingerprint density at radius 2 is 2.00 bits per heavy atom. The van der Waals surface area contributed by atoms with Gasteiger partial charge in [-0.15, -0.1) is 0 Å². The van der Waals surface area contributed by atoms with Crippen molar-refractivity contribution in [2.75, 3.05) is 33.4 Å². The number of halogens is 2. The molecule has 0 radical (unpaired) electrons. The van der Waals surface area contributed by atoms with Gasteiger partial charge in [0.25, 0.3) is 0 Å². The molecule has 1 fully saturated rings. The van der Waals surface area contributed by atoms with E-state index in [9.17, 15) is 5.11 Å². The van der Waals surface area contributed by atoms with Crippen molar-refractivity contribution in [3.8, 4) is 11.5 Å². The quantitative estimate of drug-likeness (QED) is 0.551. The number of aliphatic hydroxyl groups is 1. The summed E-state index contributed by atoms with van der Waals surface area (Å²) in [6.45, 7) is 3.13. The molecular weight excluding hydrogens is 483 g/mol. The zero-order valence-electron chi connectivity index (χ0n) is 19.8. The molecule has 0 bridgehead atoms. The molecule has 3 aliphatic rings. The minimum absolute atomic E-state index is 0.0702. The Balaban J connectivity index is 1.29. The monoisotopic (exact) mass is 512 g/mol. The number of ether oxygens (including phenoxy) is 2. The summed E-state index contributed by atoms with van der Waals surface area (Å²) in [6, 6.07) is 11.5. The van der Waals surface area contributed by atoms with Gasteiger partial charge in [-0.2, -0.15) is 0 Å². The number of nitrogens with zero attached hydrogens (tertiary/aromatic N) is 2. The molecule has 5 rings (SSSR count). The van der Waals surface area contributed by atoms with Crippen LogP contribution in [0, 0.1) is 5.92 Å². The Bertz CT molecular complexity index is 1170. The van der Waals surface area contributed by atoms with E-state index in [4.69, 9.17) is 32.7 Å². The van der Waals surface area contributed by atoms with Crippen LogP contribution >= 0.6 is 23.2 Å². The van der Waals surface area contributed by atoms with Gasteiger partial charge in [-0.1, -0.05) is 41.4 Å². The van der Waals surface area contributed by atoms with E-state index in [0.29, 0.717) is 29.5 Å². The number of piperidine rings is 1. The van der Waals surface area contributed by atoms with Crippen molar-refractivity contribution in [1.29, 1.82) is 0 Å². The largest absolute Gasteiger partial charge is 0.497 e. The Morgan fingerprint density at radius 3 is 2.77 bits per heavy atom. The van der Waals surface area contributed by atoms with E-state index in [1.165, 1.54) is 5.57 Å². The fourth-order valence-corrected chi connectivity index (χ4v) is 5.52. The van der Waals surface area contributed by atoms with Crippen LogP contribution in [0.2, 0.25) is 10.0 Å². The Labute approximate surface area is 216 Å². The van der Waals surface area contributed by atoms with Gasteiger partial charge in [0.1, 0.15) is 18.1 Å². The third-order valence-corrected chi connectivity index (χ3v) is 8.05. The van der Waals surface area contributed by atoms with E-state index in [2.05, 4.69) is 28.1 Å². The summed E-state index contributed by atoms with van der Waals surface area (Å²) in [5.74, 6) is 1.87. The van der Waals surface area contributed by atoms with Crippen molar-refractivity contribution >= 4 is 35.0 Å². The van der Waals surface area contributed by atoms with Crippen LogP contribution in [0.4, 0.5) is 0 Å². The predicted molar refractivity (Wildman–Crippen MR) is 142 cm³/mol. The fourth-order valence-electron chi connectivity index (χ4n) is 5.22. The molecule has 5 nitrogen and oxygen atoms in total. The molecule has 184 valence electrons. The highest BCUT2D eigenvalue weighted by Crippen LogP contribution is 2.41. The van der Waals surface area contributed by atoms with Crippen LogP contribution in [0.5, 0.6) is 11.5 Å². The summed E-state index contributed by atoms with van der Waals surface area (Å²) in [5, 5.41) is 12.2. The minimum Gasteiger partial charge on any atom is -0.497 e. The lowest BCUT2D eigenvalue weighted by molar-refractivity contribution is -0.0254. The summed E-state index contributed by atoms with van der Waals surface area (Å²) in [7, 11) is 1.69. The minimum atomic E-state index is -0.866. The van der Waals surface area contributed by atoms with E-state index in [-0.39, 0.29) is 12.0 Å². The molecule has 3 aliphatic heterocycles. The number of rotatable bonds is 5. The Kier molecular flexibility index (Phi) is 7.21. The lowest BCUT2D eigenvalue weighted by Crippen LogP contribution is -2.42. The van der Waals surface area contributed by atoms with Gasteiger partial charge in [-0.3, -0.25) is 4.99 Å². The zero-order valence-corrected chi connectivity index (χ0v) is 21.3. The maximum absolute atomic E-state index is 11.2. The summed E-state index contributed by atoms with van der Waals surface area (Å²) in [6.07, 6.45) is 10.7. The molecule has 0 spiro atoms. The topological polar surface area (TPSA) is 54.3 Å². The van der Waals surface area contributed by atoms with Crippen LogP contribution in [-0.2, 0) is 5.60 Å². The first-order valence-electron chi connectivity index (χ1n) is 12.1. The molecule has 2 aromatic carbocycles. The molecule has 0 aliphatic carbocycles. The highest BCUT2D eigenvalue weighted by molar-refractivity contribution is 6.42. The van der Waals surface area contributed by atoms with Crippen LogP contribution in [0.1, 0.15) is 30.4 Å². The number of likely N-dealkylation sites (tertiary alicyclic amines) is 1. The molecule has 2 unspecified atom stereocenters. The van der Waals surface area contributed by atoms with Crippen molar-refractivity contribution in [1.82, 2.24) is 4.90 Å². The fraction of sp³-hybridized carbons (Fsp3) is 0.393. The normalized spacial score (nSPS) is 24.4. The van der Waals surface area contributed by atoms with Crippen LogP contribution < -0.4 is 9.47 Å². The number of hydrogen-bond donors (Lipinski definition) is 1. The second-order valence-corrected chi connectivity index (χ2v) is 10.2. The van der Waals surface area contributed by atoms with Gasteiger partial charge in [0, 0.05) is 37.3 Å². The average molecular weight is 513 g/mol. The first-order chi connectivity index (χ1) is 17.0. The van der Waals surface area contributed by atoms with E-state index < -0.39 is 5.60 Å². The zero-order chi connectivity index (χ0) is 24.4. The second kappa shape index (κ2) is 10.4. The highest BCUT2D eigenvalue weighted by Gasteiger charge is 2.34. The number of allylic oxidation sites excluding steroid dienone is 1. The maximum atomic E-state index is 11.2. The standard InChI is InChI=1S/C28H30Cl2N2O3/c1-34-20-7-9-27-23(17-20)21(22-4-2-12-31-26(22)18-35-27)5-3-13-32-14-10-28(33,11-15-32)19-6-8-24(29)25(30)16-19/h2,4-9,12,16-17,22,26,33H,3,10-11,13-15,18H2,1H3/b21-5+. The molecular formula is C28H30Cl2N2O3. The molecule has 35 heavy (non-hydrogen) atoms. The lowest BCUT2D eigenvalue weighted by Gasteiger charge is -2.38. The molecule has 3 heterocycles. The molecule has 1 N–H and O–H groups in total. The number of dihydropyridines is 1. The van der Waals surface area contributed by atoms with Gasteiger partial charge in [-0.05, 0) is 66.8 Å². The van der Waals surface area contributed by atoms with Crippen molar-refractivity contribution in [3.05, 3.63) is 75.8 Å². The van der Waals surface area contributed by atoms with Gasteiger partial charge in [0.2, 0.25) is 0 Å². The van der Waals surface area contributed by atoms with Gasteiger partial charge in [0.15, 0.2) is 0 Å². The smallest absolute Gasteiger partial charge is 0.127 e. The number of fused-ring (bicyclic) bond motifs is 2. The van der Waals surface area contributed by atoms with Gasteiger partial charge < -0.3 is 19.5 Å². The molecule has 0 amide bonds. The first kappa shape index (κ1) is 24.4. The van der Waals surface area contributed by atoms with Crippen LogP contribution in [0.25, 0.3) is 5.57 Å². The van der Waals surface area contributed by atoms with Gasteiger partial charge in [0.05, 0.1) is 28.8 Å². The SMILES string of the molecule is COc1ccc2c(c1)/C(=C/CCN1CCC(O)(c3ccc(Cl)c(Cl)c3)CC1)C1C=CC=NC1CO2. The number of hydrogen-bond acceptors (Lipinski definition) is 5. The molecule has 2 aromatic rings. The molecule has 0 saturated carbocycles. The first-order valence-corrected chi connectivity index (χ1v) is 12.8. The predicted octanol–water partition coefficient (Wildman–Crippen LogP) is 5.78. The van der Waals surface area contributed by atoms with Gasteiger partial charge >= 0.3 is 0 Å². The highest BCUT2D eigenvalue weighted by atomic mass is 35.5. The number of aliphatic imine (C=N–C) groups is 1. The van der Waals surface area contributed by atoms with Crippen LogP contribution in [0.3, 0.4) is 0 Å². The Morgan fingerprint density at radius 1 is 1.17 bits per heavy atom. The summed E-state index contributed by atoms with van der Waals surface area (Å²) >= 11 is 12.2. The summed E-state index contributed by atoms with van der Waals surface area (Å²) in [5.41, 5.74) is 2.29. The molecule has 0 aromatic heterocycles. The number of benzene rings is 2. The maximum Gasteiger partial charge on any atom is 0.127 e. The molecule has 2 atom stereocenters. The van der Waals surface area contributed by atoms with E-state index in [1.54, 1.807) is 19.2 Å². The van der Waals surface area contributed by atoms with E-state index >= 15 is 0 Å². The van der Waals surface area contributed by atoms with Crippen LogP contribution in [0.15, 0.2) is 59.6 Å². The van der Waals surface area contributed by atoms with Gasteiger partial charge in [-0.25, -0.2) is 0 Å². The second-order valence-electron chi connectivity index (χ2n) is 9.40. The summed E-state index contributed by atoms with van der Waals surface area (Å²) < 4.78 is 11.6. The van der Waals surface area contributed by atoms with E-state index in [1.807, 2.05) is 30.5 Å². The lowest BCUT2D eigenvalue weighted by atomic mass is 9.84. The van der Waals surface area contributed by atoms with Crippen molar-refractivity contribution < 1.29 is 14.6 Å².